The number of hydrogen-bond acceptors (Lipinski definition) is 2. The molecule has 0 radical (unpaired) electrons. The van der Waals surface area contributed by atoms with Crippen LogP contribution in [0.15, 0.2) is 28.9 Å². The Morgan fingerprint density at radius 2 is 2.17 bits per heavy atom. The van der Waals surface area contributed by atoms with Crippen molar-refractivity contribution in [3.8, 4) is 0 Å². The summed E-state index contributed by atoms with van der Waals surface area (Å²) in [6.07, 6.45) is 1.81. The van der Waals surface area contributed by atoms with Gasteiger partial charge in [-0.15, -0.1) is 0 Å². The van der Waals surface area contributed by atoms with E-state index in [1.165, 1.54) is 5.56 Å². The topological polar surface area (TPSA) is 29.9 Å². The summed E-state index contributed by atoms with van der Waals surface area (Å²) in [6.45, 7) is 2.08. The van der Waals surface area contributed by atoms with Crippen LogP contribution in [-0.2, 0) is 7.05 Å². The van der Waals surface area contributed by atoms with E-state index in [0.717, 1.165) is 20.8 Å². The number of hydrogen-bond donors (Lipinski definition) is 1. The van der Waals surface area contributed by atoms with Crippen molar-refractivity contribution in [2.45, 2.75) is 13.0 Å². The van der Waals surface area contributed by atoms with Crippen LogP contribution < -0.4 is 5.32 Å². The van der Waals surface area contributed by atoms with Gasteiger partial charge in [0.25, 0.3) is 0 Å². The van der Waals surface area contributed by atoms with Crippen molar-refractivity contribution < 1.29 is 0 Å². The van der Waals surface area contributed by atoms with Gasteiger partial charge in [0.2, 0.25) is 0 Å². The van der Waals surface area contributed by atoms with Crippen LogP contribution in [0.2, 0.25) is 5.02 Å². The average Bonchev–Trinajstić information content (AvgIpc) is 2.66. The molecule has 0 aliphatic carbocycles. The molecule has 1 unspecified atom stereocenters. The fourth-order valence-electron chi connectivity index (χ4n) is 2.11. The first-order valence-electron chi connectivity index (χ1n) is 5.65. The lowest BCUT2D eigenvalue weighted by molar-refractivity contribution is 0.602. The molecular formula is C13H15BrClN3. The second kappa shape index (κ2) is 5.43. The van der Waals surface area contributed by atoms with E-state index >= 15 is 0 Å². The minimum Gasteiger partial charge on any atom is -0.308 e. The fraction of sp³-hybridized carbons (Fsp3) is 0.308. The smallest absolute Gasteiger partial charge is 0.0760 e. The third-order valence-electron chi connectivity index (χ3n) is 3.05. The molecule has 0 spiro atoms. The molecule has 0 saturated heterocycles. The zero-order chi connectivity index (χ0) is 13.3. The van der Waals surface area contributed by atoms with Crippen molar-refractivity contribution in [1.82, 2.24) is 15.1 Å². The Balaban J connectivity index is 2.55. The van der Waals surface area contributed by atoms with Crippen LogP contribution in [0.4, 0.5) is 0 Å². The summed E-state index contributed by atoms with van der Waals surface area (Å²) in [5.74, 6) is 0. The van der Waals surface area contributed by atoms with Crippen LogP contribution in [-0.4, -0.2) is 16.8 Å². The lowest BCUT2D eigenvalue weighted by Crippen LogP contribution is -2.22. The molecule has 0 amide bonds. The lowest BCUT2D eigenvalue weighted by Gasteiger charge is -2.20. The normalized spacial score (nSPS) is 12.7. The summed E-state index contributed by atoms with van der Waals surface area (Å²) >= 11 is 9.64. The zero-order valence-corrected chi connectivity index (χ0v) is 12.9. The molecule has 1 atom stereocenters. The third kappa shape index (κ3) is 2.46. The third-order valence-corrected chi connectivity index (χ3v) is 3.90. The first-order chi connectivity index (χ1) is 8.54. The van der Waals surface area contributed by atoms with E-state index in [-0.39, 0.29) is 6.04 Å². The van der Waals surface area contributed by atoms with Crippen molar-refractivity contribution in [2.24, 2.45) is 7.05 Å². The second-order valence-corrected chi connectivity index (χ2v) is 5.51. The van der Waals surface area contributed by atoms with Gasteiger partial charge < -0.3 is 5.32 Å². The van der Waals surface area contributed by atoms with E-state index in [0.29, 0.717) is 0 Å². The van der Waals surface area contributed by atoms with Crippen LogP contribution >= 0.6 is 27.5 Å². The second-order valence-electron chi connectivity index (χ2n) is 4.22. The van der Waals surface area contributed by atoms with E-state index < -0.39 is 0 Å². The van der Waals surface area contributed by atoms with Crippen LogP contribution in [0.5, 0.6) is 0 Å². The number of rotatable bonds is 3. The maximum absolute atomic E-state index is 6.10. The van der Waals surface area contributed by atoms with Crippen LogP contribution in [0.25, 0.3) is 0 Å². The largest absolute Gasteiger partial charge is 0.308 e. The monoisotopic (exact) mass is 327 g/mol. The van der Waals surface area contributed by atoms with Crippen molar-refractivity contribution in [3.63, 3.8) is 0 Å². The Hall–Kier alpha value is -0.840. The standard InChI is InChI=1S/C13H15BrClN3/c1-8-4-5-9(15)6-10(8)12(16-2)13-11(14)7-17-18(13)3/h4-7,12,16H,1-3H3. The molecule has 2 aromatic rings. The molecule has 1 aromatic carbocycles. The molecule has 5 heteroatoms. The first-order valence-corrected chi connectivity index (χ1v) is 6.82. The van der Waals surface area contributed by atoms with Crippen molar-refractivity contribution in [2.75, 3.05) is 7.05 Å². The number of nitrogens with one attached hydrogen (secondary N) is 1. The number of benzene rings is 1. The summed E-state index contributed by atoms with van der Waals surface area (Å²) in [7, 11) is 3.87. The van der Waals surface area contributed by atoms with E-state index in [9.17, 15) is 0 Å². The van der Waals surface area contributed by atoms with Crippen molar-refractivity contribution in [1.29, 1.82) is 0 Å². The summed E-state index contributed by atoms with van der Waals surface area (Å²) in [4.78, 5) is 0. The van der Waals surface area contributed by atoms with E-state index in [1.54, 1.807) is 6.20 Å². The Morgan fingerprint density at radius 3 is 2.72 bits per heavy atom. The number of aromatic nitrogens is 2. The molecule has 1 heterocycles. The highest BCUT2D eigenvalue weighted by Crippen LogP contribution is 2.31. The molecule has 3 nitrogen and oxygen atoms in total. The highest BCUT2D eigenvalue weighted by molar-refractivity contribution is 9.10. The molecule has 1 aromatic heterocycles. The molecule has 1 N–H and O–H groups in total. The molecule has 2 rings (SSSR count). The highest BCUT2D eigenvalue weighted by atomic mass is 79.9. The van der Waals surface area contributed by atoms with E-state index in [2.05, 4.69) is 33.3 Å². The number of nitrogens with zero attached hydrogens (tertiary/aromatic N) is 2. The van der Waals surface area contributed by atoms with Gasteiger partial charge in [-0.05, 0) is 53.2 Å². The van der Waals surface area contributed by atoms with Crippen LogP contribution in [0.3, 0.4) is 0 Å². The zero-order valence-electron chi connectivity index (χ0n) is 10.5. The van der Waals surface area contributed by atoms with Gasteiger partial charge in [-0.1, -0.05) is 17.7 Å². The van der Waals surface area contributed by atoms with Gasteiger partial charge in [-0.3, -0.25) is 4.68 Å². The average molecular weight is 329 g/mol. The van der Waals surface area contributed by atoms with Crippen molar-refractivity contribution in [3.05, 3.63) is 50.7 Å². The predicted octanol–water partition coefficient (Wildman–Crippen LogP) is 3.45. The predicted molar refractivity (Wildman–Crippen MR) is 78.0 cm³/mol. The van der Waals surface area contributed by atoms with Gasteiger partial charge in [0.15, 0.2) is 0 Å². The summed E-state index contributed by atoms with van der Waals surface area (Å²) in [5.41, 5.74) is 3.45. The highest BCUT2D eigenvalue weighted by Gasteiger charge is 2.20. The minimum atomic E-state index is 0.0607. The summed E-state index contributed by atoms with van der Waals surface area (Å²) in [5, 5.41) is 8.32. The fourth-order valence-corrected chi connectivity index (χ4v) is 2.86. The minimum absolute atomic E-state index is 0.0607. The van der Waals surface area contributed by atoms with Gasteiger partial charge in [0.1, 0.15) is 0 Å². The maximum Gasteiger partial charge on any atom is 0.0760 e. The lowest BCUT2D eigenvalue weighted by atomic mass is 9.99. The summed E-state index contributed by atoms with van der Waals surface area (Å²) in [6, 6.07) is 6.00. The van der Waals surface area contributed by atoms with Gasteiger partial charge in [0.05, 0.1) is 22.4 Å². The molecular weight excluding hydrogens is 314 g/mol. The molecule has 0 fully saturated rings. The van der Waals surface area contributed by atoms with Crippen molar-refractivity contribution >= 4 is 27.5 Å². The van der Waals surface area contributed by atoms with Crippen LogP contribution in [0, 0.1) is 6.92 Å². The van der Waals surface area contributed by atoms with Gasteiger partial charge in [-0.2, -0.15) is 5.10 Å². The van der Waals surface area contributed by atoms with E-state index in [4.69, 9.17) is 11.6 Å². The molecule has 0 bridgehead atoms. The van der Waals surface area contributed by atoms with E-state index in [1.807, 2.05) is 37.0 Å². The van der Waals surface area contributed by atoms with Gasteiger partial charge in [-0.25, -0.2) is 0 Å². The molecule has 0 aliphatic heterocycles. The SMILES string of the molecule is CNC(c1cc(Cl)ccc1C)c1c(Br)cnn1C. The van der Waals surface area contributed by atoms with Gasteiger partial charge in [0, 0.05) is 12.1 Å². The Kier molecular flexibility index (Phi) is 4.10. The number of halogens is 2. The maximum atomic E-state index is 6.10. The molecule has 0 aliphatic rings. The molecule has 18 heavy (non-hydrogen) atoms. The number of aryl methyl sites for hydroxylation is 2. The Bertz CT molecular complexity index is 546. The Morgan fingerprint density at radius 1 is 1.44 bits per heavy atom. The van der Waals surface area contributed by atoms with Crippen LogP contribution in [0.1, 0.15) is 22.9 Å². The molecule has 0 saturated carbocycles. The Labute approximate surface area is 120 Å². The molecule has 96 valence electrons. The quantitative estimate of drug-likeness (QED) is 0.935. The summed E-state index contributed by atoms with van der Waals surface area (Å²) < 4.78 is 2.86. The van der Waals surface area contributed by atoms with Gasteiger partial charge >= 0.3 is 0 Å². The first kappa shape index (κ1) is 13.6.